The molecule has 134 valence electrons. The van der Waals surface area contributed by atoms with Crippen LogP contribution in [0.3, 0.4) is 0 Å². The van der Waals surface area contributed by atoms with Gasteiger partial charge in [-0.2, -0.15) is 4.36 Å². The van der Waals surface area contributed by atoms with Gasteiger partial charge in [-0.1, -0.05) is 52.6 Å². The van der Waals surface area contributed by atoms with E-state index in [1.807, 2.05) is 0 Å². The highest BCUT2D eigenvalue weighted by Gasteiger charge is 2.25. The Kier molecular flexibility index (Phi) is 5.18. The van der Waals surface area contributed by atoms with Crippen LogP contribution >= 0.6 is 23.2 Å². The molecule has 0 spiro atoms. The van der Waals surface area contributed by atoms with Crippen molar-refractivity contribution < 1.29 is 13.5 Å². The normalized spacial score (nSPS) is 13.2. The van der Waals surface area contributed by atoms with Gasteiger partial charge in [0.05, 0.1) is 19.8 Å². The number of carbonyl (C=O) groups excluding carboxylic acids is 1. The lowest BCUT2D eigenvalue weighted by Gasteiger charge is -2.06. The third-order valence-corrected chi connectivity index (χ3v) is 6.00. The predicted octanol–water partition coefficient (Wildman–Crippen LogP) is 5.25. The first-order valence-electron chi connectivity index (χ1n) is 7.53. The molecule has 1 heterocycles. The van der Waals surface area contributed by atoms with Crippen LogP contribution in [0.25, 0.3) is 11.3 Å². The molecule has 1 unspecified atom stereocenters. The Morgan fingerprint density at radius 2 is 1.69 bits per heavy atom. The third-order valence-electron chi connectivity index (χ3n) is 3.71. The lowest BCUT2D eigenvalue weighted by Crippen LogP contribution is -2.05. The Balaban J connectivity index is 2.15. The van der Waals surface area contributed by atoms with Gasteiger partial charge in [-0.05, 0) is 31.2 Å². The number of aryl methyl sites for hydroxylation is 1. The molecule has 0 aliphatic rings. The topological polar surface area (TPSA) is 72.5 Å². The number of hydrogen-bond donors (Lipinski definition) is 0. The maximum atomic E-state index is 12.9. The summed E-state index contributed by atoms with van der Waals surface area (Å²) in [4.78, 5) is 13.3. The Hall–Kier alpha value is -2.15. The van der Waals surface area contributed by atoms with E-state index in [1.54, 1.807) is 55.5 Å². The molecule has 3 aromatic rings. The second-order valence-corrected chi connectivity index (χ2v) is 8.64. The highest BCUT2D eigenvalue weighted by molar-refractivity contribution is 7.93. The highest BCUT2D eigenvalue weighted by atomic mass is 35.5. The Morgan fingerprint density at radius 1 is 1.08 bits per heavy atom. The number of rotatable bonds is 3. The standard InChI is InChI=1S/C18H14Cl2N2O3S/c1-11-15(17(21-25-11)16-13(19)9-6-10-14(16)20)18(23)22-26(2,24)12-7-4-3-5-8-12/h3-10H,1-2H3. The molecule has 5 nitrogen and oxygen atoms in total. The summed E-state index contributed by atoms with van der Waals surface area (Å²) in [7, 11) is -2.93. The minimum absolute atomic E-state index is 0.0884. The van der Waals surface area contributed by atoms with Gasteiger partial charge >= 0.3 is 0 Å². The van der Waals surface area contributed by atoms with E-state index < -0.39 is 15.6 Å². The molecule has 1 atom stereocenters. The van der Waals surface area contributed by atoms with Crippen molar-refractivity contribution in [1.29, 1.82) is 0 Å². The van der Waals surface area contributed by atoms with Gasteiger partial charge in [-0.15, -0.1) is 0 Å². The fraction of sp³-hybridized carbons (Fsp3) is 0.111. The van der Waals surface area contributed by atoms with Crippen LogP contribution in [0.4, 0.5) is 0 Å². The molecule has 0 aliphatic heterocycles. The first kappa shape index (κ1) is 18.6. The molecule has 0 radical (unpaired) electrons. The van der Waals surface area contributed by atoms with Crippen molar-refractivity contribution in [3.05, 3.63) is 69.9 Å². The van der Waals surface area contributed by atoms with Crippen LogP contribution in [0.5, 0.6) is 0 Å². The Bertz CT molecular complexity index is 1080. The van der Waals surface area contributed by atoms with E-state index in [-0.39, 0.29) is 17.0 Å². The summed E-state index contributed by atoms with van der Waals surface area (Å²) in [5.74, 6) is -0.459. The molecule has 0 bridgehead atoms. The van der Waals surface area contributed by atoms with E-state index in [1.165, 1.54) is 6.26 Å². The molecular weight excluding hydrogens is 395 g/mol. The number of carbonyl (C=O) groups is 1. The molecule has 0 aliphatic carbocycles. The van der Waals surface area contributed by atoms with Gasteiger partial charge in [0.15, 0.2) is 0 Å². The minimum atomic E-state index is -2.93. The Labute approximate surface area is 161 Å². The quantitative estimate of drug-likeness (QED) is 0.592. The van der Waals surface area contributed by atoms with Gasteiger partial charge in [0.25, 0.3) is 5.91 Å². The van der Waals surface area contributed by atoms with Crippen LogP contribution in [0.15, 0.2) is 62.3 Å². The SMILES string of the molecule is Cc1onc(-c2c(Cl)cccc2Cl)c1C(=O)N=S(C)(=O)c1ccccc1. The highest BCUT2D eigenvalue weighted by Crippen LogP contribution is 2.37. The second-order valence-electron chi connectivity index (χ2n) is 5.57. The fourth-order valence-electron chi connectivity index (χ4n) is 2.45. The molecule has 0 N–H and O–H groups in total. The van der Waals surface area contributed by atoms with Gasteiger partial charge in [-0.25, -0.2) is 4.21 Å². The minimum Gasteiger partial charge on any atom is -0.360 e. The van der Waals surface area contributed by atoms with Gasteiger partial charge < -0.3 is 4.52 Å². The summed E-state index contributed by atoms with van der Waals surface area (Å²) in [6.45, 7) is 1.57. The van der Waals surface area contributed by atoms with Crippen molar-refractivity contribution in [2.24, 2.45) is 4.36 Å². The second kappa shape index (κ2) is 7.23. The number of halogens is 2. The van der Waals surface area contributed by atoms with Gasteiger partial charge in [0.1, 0.15) is 17.0 Å². The first-order chi connectivity index (χ1) is 12.3. The number of benzene rings is 2. The van der Waals surface area contributed by atoms with Crippen LogP contribution in [-0.2, 0) is 9.73 Å². The van der Waals surface area contributed by atoms with Crippen molar-refractivity contribution in [1.82, 2.24) is 5.16 Å². The molecule has 0 saturated carbocycles. The maximum Gasteiger partial charge on any atom is 0.291 e. The molecule has 2 aromatic carbocycles. The zero-order valence-corrected chi connectivity index (χ0v) is 16.2. The molecule has 8 heteroatoms. The maximum absolute atomic E-state index is 12.9. The van der Waals surface area contributed by atoms with E-state index in [0.717, 1.165) is 0 Å². The van der Waals surface area contributed by atoms with Crippen LogP contribution in [0.2, 0.25) is 10.0 Å². The summed E-state index contributed by atoms with van der Waals surface area (Å²) >= 11 is 12.4. The third kappa shape index (κ3) is 3.53. The van der Waals surface area contributed by atoms with Crippen LogP contribution in [-0.4, -0.2) is 21.5 Å². The number of aromatic nitrogens is 1. The predicted molar refractivity (Wildman–Crippen MR) is 102 cm³/mol. The van der Waals surface area contributed by atoms with E-state index >= 15 is 0 Å². The molecule has 1 aromatic heterocycles. The fourth-order valence-corrected chi connectivity index (χ4v) is 4.20. The molecular formula is C18H14Cl2N2O3S. The number of amides is 1. The average molecular weight is 409 g/mol. The lowest BCUT2D eigenvalue weighted by molar-refractivity contribution is 0.100. The van der Waals surface area contributed by atoms with E-state index in [0.29, 0.717) is 20.5 Å². The zero-order chi connectivity index (χ0) is 18.9. The summed E-state index contributed by atoms with van der Waals surface area (Å²) in [5.41, 5.74) is 0.633. The summed E-state index contributed by atoms with van der Waals surface area (Å²) in [6.07, 6.45) is 1.41. The molecule has 26 heavy (non-hydrogen) atoms. The van der Waals surface area contributed by atoms with Crippen molar-refractivity contribution >= 4 is 38.8 Å². The van der Waals surface area contributed by atoms with Crippen LogP contribution in [0.1, 0.15) is 16.1 Å². The summed E-state index contributed by atoms with van der Waals surface area (Å²) in [6, 6.07) is 13.5. The van der Waals surface area contributed by atoms with Gasteiger partial charge in [0.2, 0.25) is 0 Å². The number of nitrogens with zero attached hydrogens (tertiary/aromatic N) is 2. The van der Waals surface area contributed by atoms with Gasteiger partial charge in [0, 0.05) is 16.7 Å². The smallest absolute Gasteiger partial charge is 0.291 e. The first-order valence-corrected chi connectivity index (χ1v) is 10.2. The van der Waals surface area contributed by atoms with Crippen molar-refractivity contribution in [2.45, 2.75) is 11.8 Å². The molecule has 0 saturated heterocycles. The lowest BCUT2D eigenvalue weighted by atomic mass is 10.1. The monoisotopic (exact) mass is 408 g/mol. The van der Waals surface area contributed by atoms with Crippen molar-refractivity contribution in [3.63, 3.8) is 0 Å². The average Bonchev–Trinajstić information content (AvgIpc) is 2.96. The van der Waals surface area contributed by atoms with E-state index in [2.05, 4.69) is 9.52 Å². The van der Waals surface area contributed by atoms with E-state index in [4.69, 9.17) is 27.7 Å². The molecule has 3 rings (SSSR count). The van der Waals surface area contributed by atoms with Crippen molar-refractivity contribution in [3.8, 4) is 11.3 Å². The zero-order valence-electron chi connectivity index (χ0n) is 13.9. The summed E-state index contributed by atoms with van der Waals surface area (Å²) in [5, 5.41) is 4.55. The van der Waals surface area contributed by atoms with Crippen LogP contribution < -0.4 is 0 Å². The molecule has 0 fully saturated rings. The molecule has 1 amide bonds. The Morgan fingerprint density at radius 3 is 2.31 bits per heavy atom. The summed E-state index contributed by atoms with van der Waals surface area (Å²) < 4.78 is 22.0. The largest absolute Gasteiger partial charge is 0.360 e. The number of hydrogen-bond acceptors (Lipinski definition) is 4. The van der Waals surface area contributed by atoms with Crippen molar-refractivity contribution in [2.75, 3.05) is 6.26 Å². The van der Waals surface area contributed by atoms with E-state index in [9.17, 15) is 9.00 Å². The van der Waals surface area contributed by atoms with Crippen LogP contribution in [0, 0.1) is 6.92 Å². The van der Waals surface area contributed by atoms with Gasteiger partial charge in [-0.3, -0.25) is 4.79 Å².